The molecule has 2 heterocycles. The lowest BCUT2D eigenvalue weighted by Gasteiger charge is -2.36. The van der Waals surface area contributed by atoms with Gasteiger partial charge in [-0.05, 0) is 44.1 Å². The van der Waals surface area contributed by atoms with Gasteiger partial charge in [-0.1, -0.05) is 29.8 Å². The zero-order valence-corrected chi connectivity index (χ0v) is 13.9. The molecule has 0 spiro atoms. The van der Waals surface area contributed by atoms with Gasteiger partial charge in [-0.25, -0.2) is 0 Å². The predicted molar refractivity (Wildman–Crippen MR) is 89.9 cm³/mol. The number of aryl methyl sites for hydroxylation is 1. The van der Waals surface area contributed by atoms with Crippen molar-refractivity contribution in [3.8, 4) is 0 Å². The molecule has 2 fully saturated rings. The standard InChI is InChI=1S/C19H26N2O2/c1-14-4-6-15(7-5-14)11-16-3-2-10-21(13-16)19(23)17-8-9-18(22)20-12-17/h4-7,16-17H,2-3,8-13H2,1H3,(H,20,22). The fourth-order valence-corrected chi connectivity index (χ4v) is 3.69. The van der Waals surface area contributed by atoms with Crippen molar-refractivity contribution in [2.75, 3.05) is 19.6 Å². The zero-order valence-electron chi connectivity index (χ0n) is 13.9. The van der Waals surface area contributed by atoms with Gasteiger partial charge in [-0.3, -0.25) is 9.59 Å². The lowest BCUT2D eigenvalue weighted by atomic mass is 9.89. The Morgan fingerprint density at radius 2 is 2.04 bits per heavy atom. The molecule has 0 radical (unpaired) electrons. The summed E-state index contributed by atoms with van der Waals surface area (Å²) in [5, 5.41) is 2.82. The van der Waals surface area contributed by atoms with Crippen molar-refractivity contribution in [3.63, 3.8) is 0 Å². The molecule has 1 aromatic rings. The molecule has 0 aromatic heterocycles. The van der Waals surface area contributed by atoms with Crippen LogP contribution in [0.4, 0.5) is 0 Å². The first-order valence-corrected chi connectivity index (χ1v) is 8.73. The summed E-state index contributed by atoms with van der Waals surface area (Å²) >= 11 is 0. The maximum Gasteiger partial charge on any atom is 0.227 e. The summed E-state index contributed by atoms with van der Waals surface area (Å²) in [5.41, 5.74) is 2.65. The van der Waals surface area contributed by atoms with E-state index in [1.165, 1.54) is 17.5 Å². The van der Waals surface area contributed by atoms with Crippen LogP contribution in [0.1, 0.15) is 36.8 Å². The number of hydrogen-bond acceptors (Lipinski definition) is 2. The third-order valence-electron chi connectivity index (χ3n) is 5.09. The van der Waals surface area contributed by atoms with Gasteiger partial charge in [-0.15, -0.1) is 0 Å². The SMILES string of the molecule is Cc1ccc(CC2CCCN(C(=O)C3CCC(=O)NC3)C2)cc1. The number of carbonyl (C=O) groups excluding carboxylic acids is 2. The van der Waals surface area contributed by atoms with E-state index in [0.717, 1.165) is 25.9 Å². The highest BCUT2D eigenvalue weighted by molar-refractivity contribution is 5.83. The third kappa shape index (κ3) is 4.12. The minimum absolute atomic E-state index is 0.0224. The molecule has 3 rings (SSSR count). The Morgan fingerprint density at radius 1 is 1.26 bits per heavy atom. The van der Waals surface area contributed by atoms with Crippen LogP contribution in [0.25, 0.3) is 0 Å². The van der Waals surface area contributed by atoms with Crippen LogP contribution < -0.4 is 5.32 Å². The minimum Gasteiger partial charge on any atom is -0.355 e. The maximum atomic E-state index is 12.7. The number of rotatable bonds is 3. The van der Waals surface area contributed by atoms with Crippen molar-refractivity contribution in [1.29, 1.82) is 0 Å². The van der Waals surface area contributed by atoms with Crippen LogP contribution in [0.15, 0.2) is 24.3 Å². The highest BCUT2D eigenvalue weighted by atomic mass is 16.2. The molecule has 4 nitrogen and oxygen atoms in total. The van der Waals surface area contributed by atoms with Gasteiger partial charge in [0.05, 0.1) is 5.92 Å². The molecule has 1 aromatic carbocycles. The monoisotopic (exact) mass is 314 g/mol. The summed E-state index contributed by atoms with van der Waals surface area (Å²) in [6, 6.07) is 8.72. The van der Waals surface area contributed by atoms with E-state index >= 15 is 0 Å². The average molecular weight is 314 g/mol. The summed E-state index contributed by atoms with van der Waals surface area (Å²) in [7, 11) is 0. The summed E-state index contributed by atoms with van der Waals surface area (Å²) in [6.45, 7) is 4.34. The van der Waals surface area contributed by atoms with Gasteiger partial charge in [0, 0.05) is 26.1 Å². The first-order chi connectivity index (χ1) is 11.1. The van der Waals surface area contributed by atoms with Crippen LogP contribution in [0.2, 0.25) is 0 Å². The summed E-state index contributed by atoms with van der Waals surface area (Å²) < 4.78 is 0. The Morgan fingerprint density at radius 3 is 2.74 bits per heavy atom. The van der Waals surface area contributed by atoms with Gasteiger partial charge < -0.3 is 10.2 Å². The number of amides is 2. The molecule has 0 bridgehead atoms. The second kappa shape index (κ2) is 7.16. The van der Waals surface area contributed by atoms with Crippen LogP contribution in [-0.4, -0.2) is 36.3 Å². The second-order valence-corrected chi connectivity index (χ2v) is 7.02. The molecule has 23 heavy (non-hydrogen) atoms. The fourth-order valence-electron chi connectivity index (χ4n) is 3.69. The van der Waals surface area contributed by atoms with Crippen molar-refractivity contribution in [2.45, 2.75) is 39.0 Å². The first-order valence-electron chi connectivity index (χ1n) is 8.73. The number of nitrogens with one attached hydrogen (secondary N) is 1. The van der Waals surface area contributed by atoms with Crippen LogP contribution in [0, 0.1) is 18.8 Å². The van der Waals surface area contributed by atoms with E-state index in [2.05, 4.69) is 36.5 Å². The van der Waals surface area contributed by atoms with Crippen molar-refractivity contribution in [3.05, 3.63) is 35.4 Å². The molecule has 2 aliphatic heterocycles. The normalized spacial score (nSPS) is 25.1. The molecular weight excluding hydrogens is 288 g/mol. The number of nitrogens with zero attached hydrogens (tertiary/aromatic N) is 1. The van der Waals surface area contributed by atoms with Gasteiger partial charge in [0.2, 0.25) is 11.8 Å². The smallest absolute Gasteiger partial charge is 0.227 e. The van der Waals surface area contributed by atoms with E-state index in [1.807, 2.05) is 4.90 Å². The lowest BCUT2D eigenvalue weighted by Crippen LogP contribution is -2.48. The Balaban J connectivity index is 1.56. The van der Waals surface area contributed by atoms with Crippen molar-refractivity contribution in [2.24, 2.45) is 11.8 Å². The van der Waals surface area contributed by atoms with Crippen molar-refractivity contribution >= 4 is 11.8 Å². The second-order valence-electron chi connectivity index (χ2n) is 7.02. The molecule has 4 heteroatoms. The van der Waals surface area contributed by atoms with Crippen LogP contribution >= 0.6 is 0 Å². The zero-order chi connectivity index (χ0) is 16.2. The molecule has 2 unspecified atom stereocenters. The number of piperidine rings is 2. The predicted octanol–water partition coefficient (Wildman–Crippen LogP) is 2.30. The van der Waals surface area contributed by atoms with Gasteiger partial charge in [0.25, 0.3) is 0 Å². The largest absolute Gasteiger partial charge is 0.355 e. The highest BCUT2D eigenvalue weighted by Gasteiger charge is 2.31. The van der Waals surface area contributed by atoms with E-state index in [1.54, 1.807) is 0 Å². The molecule has 124 valence electrons. The average Bonchev–Trinajstić information content (AvgIpc) is 2.57. The molecule has 2 aliphatic rings. The van der Waals surface area contributed by atoms with Crippen LogP contribution in [-0.2, 0) is 16.0 Å². The quantitative estimate of drug-likeness (QED) is 0.931. The molecule has 2 atom stereocenters. The van der Waals surface area contributed by atoms with Crippen LogP contribution in [0.5, 0.6) is 0 Å². The van der Waals surface area contributed by atoms with Crippen LogP contribution in [0.3, 0.4) is 0 Å². The Kier molecular flexibility index (Phi) is 4.99. The molecule has 2 saturated heterocycles. The van der Waals surface area contributed by atoms with E-state index in [4.69, 9.17) is 0 Å². The highest BCUT2D eigenvalue weighted by Crippen LogP contribution is 2.24. The molecular formula is C19H26N2O2. The molecule has 0 saturated carbocycles. The summed E-state index contributed by atoms with van der Waals surface area (Å²) in [5.74, 6) is 0.836. The number of benzene rings is 1. The summed E-state index contributed by atoms with van der Waals surface area (Å²) in [6.07, 6.45) is 4.51. The number of likely N-dealkylation sites (tertiary alicyclic amines) is 1. The van der Waals surface area contributed by atoms with E-state index in [-0.39, 0.29) is 17.7 Å². The molecule has 2 amide bonds. The van der Waals surface area contributed by atoms with Gasteiger partial charge in [-0.2, -0.15) is 0 Å². The van der Waals surface area contributed by atoms with Gasteiger partial charge in [0.15, 0.2) is 0 Å². The van der Waals surface area contributed by atoms with Crippen molar-refractivity contribution < 1.29 is 9.59 Å². The van der Waals surface area contributed by atoms with Crippen molar-refractivity contribution in [1.82, 2.24) is 10.2 Å². The lowest BCUT2D eigenvalue weighted by molar-refractivity contribution is -0.139. The minimum atomic E-state index is -0.0224. The van der Waals surface area contributed by atoms with Gasteiger partial charge in [0.1, 0.15) is 0 Å². The number of hydrogen-bond donors (Lipinski definition) is 1. The first kappa shape index (κ1) is 16.0. The Labute approximate surface area is 138 Å². The van der Waals surface area contributed by atoms with E-state index < -0.39 is 0 Å². The Hall–Kier alpha value is -1.84. The maximum absolute atomic E-state index is 12.7. The fraction of sp³-hybridized carbons (Fsp3) is 0.579. The summed E-state index contributed by atoms with van der Waals surface area (Å²) in [4.78, 5) is 26.0. The Bertz CT molecular complexity index is 557. The number of carbonyl (C=O) groups is 2. The van der Waals surface area contributed by atoms with E-state index in [9.17, 15) is 9.59 Å². The third-order valence-corrected chi connectivity index (χ3v) is 5.09. The van der Waals surface area contributed by atoms with Gasteiger partial charge >= 0.3 is 0 Å². The molecule has 1 N–H and O–H groups in total. The topological polar surface area (TPSA) is 49.4 Å². The molecule has 0 aliphatic carbocycles. The van der Waals surface area contributed by atoms with E-state index in [0.29, 0.717) is 25.3 Å².